The van der Waals surface area contributed by atoms with Crippen molar-refractivity contribution < 1.29 is 24.2 Å². The van der Waals surface area contributed by atoms with Gasteiger partial charge in [0.25, 0.3) is 0 Å². The van der Waals surface area contributed by atoms with Crippen LogP contribution in [0, 0.1) is 5.92 Å². The summed E-state index contributed by atoms with van der Waals surface area (Å²) in [7, 11) is 0. The van der Waals surface area contributed by atoms with Gasteiger partial charge in [-0.1, -0.05) is 68.4 Å². The molecule has 31 heavy (non-hydrogen) atoms. The van der Waals surface area contributed by atoms with Gasteiger partial charge in [0.2, 0.25) is 5.91 Å². The van der Waals surface area contributed by atoms with Crippen molar-refractivity contribution in [2.45, 2.75) is 52.0 Å². The number of hydrogen-bond acceptors (Lipinski definition) is 4. The Bertz CT molecular complexity index is 848. The number of nitrogens with one attached hydrogen (secondary N) is 1. The number of carbonyl (C=O) groups is 3. The van der Waals surface area contributed by atoms with E-state index in [1.165, 1.54) is 0 Å². The second-order valence-electron chi connectivity index (χ2n) is 7.73. The molecular formula is C25H31NO5. The van der Waals surface area contributed by atoms with Crippen LogP contribution < -0.4 is 5.32 Å². The molecule has 2 N–H and O–H groups in total. The lowest BCUT2D eigenvalue weighted by Crippen LogP contribution is -2.39. The van der Waals surface area contributed by atoms with Gasteiger partial charge < -0.3 is 15.2 Å². The number of carboxylic acid groups (broad SMARTS) is 1. The van der Waals surface area contributed by atoms with Crippen molar-refractivity contribution in [3.05, 3.63) is 60.2 Å². The van der Waals surface area contributed by atoms with Gasteiger partial charge >= 0.3 is 11.9 Å². The number of hydrogen-bond donors (Lipinski definition) is 2. The topological polar surface area (TPSA) is 92.7 Å². The van der Waals surface area contributed by atoms with E-state index in [0.717, 1.165) is 23.1 Å². The average Bonchev–Trinajstić information content (AvgIpc) is 2.77. The summed E-state index contributed by atoms with van der Waals surface area (Å²) in [6, 6.07) is 17.8. The molecule has 0 fully saturated rings. The first-order valence-corrected chi connectivity index (χ1v) is 10.7. The quantitative estimate of drug-likeness (QED) is 0.497. The van der Waals surface area contributed by atoms with E-state index in [1.807, 2.05) is 61.5 Å². The van der Waals surface area contributed by atoms with E-state index in [2.05, 4.69) is 5.32 Å². The normalized spacial score (nSPS) is 12.6. The summed E-state index contributed by atoms with van der Waals surface area (Å²) in [5, 5.41) is 11.7. The van der Waals surface area contributed by atoms with Crippen LogP contribution in [0.2, 0.25) is 0 Å². The van der Waals surface area contributed by atoms with Crippen molar-refractivity contribution in [2.24, 2.45) is 5.92 Å². The fourth-order valence-corrected chi connectivity index (χ4v) is 3.33. The fourth-order valence-electron chi connectivity index (χ4n) is 3.33. The zero-order chi connectivity index (χ0) is 22.6. The molecule has 0 radical (unpaired) electrons. The fraction of sp³-hybridized carbons (Fsp3) is 0.400. The van der Waals surface area contributed by atoms with E-state index in [0.29, 0.717) is 19.4 Å². The van der Waals surface area contributed by atoms with Crippen LogP contribution in [-0.4, -0.2) is 35.6 Å². The van der Waals surface area contributed by atoms with Gasteiger partial charge in [-0.3, -0.25) is 14.4 Å². The first-order chi connectivity index (χ1) is 14.9. The Morgan fingerprint density at radius 1 is 0.968 bits per heavy atom. The summed E-state index contributed by atoms with van der Waals surface area (Å²) in [4.78, 5) is 35.2. The van der Waals surface area contributed by atoms with Crippen LogP contribution in [0.4, 0.5) is 0 Å². The summed E-state index contributed by atoms with van der Waals surface area (Å²) in [6.45, 7) is 4.09. The van der Waals surface area contributed by atoms with Gasteiger partial charge in [0.05, 0.1) is 18.9 Å². The van der Waals surface area contributed by atoms with Crippen molar-refractivity contribution in [3.63, 3.8) is 0 Å². The molecule has 0 spiro atoms. The number of aliphatic carboxylic acids is 1. The summed E-state index contributed by atoms with van der Waals surface area (Å²) < 4.78 is 5.22. The summed E-state index contributed by atoms with van der Waals surface area (Å²) >= 11 is 0. The Kier molecular flexibility index (Phi) is 9.75. The average molecular weight is 426 g/mol. The van der Waals surface area contributed by atoms with E-state index in [9.17, 15) is 14.4 Å². The molecule has 166 valence electrons. The molecular weight excluding hydrogens is 394 g/mol. The predicted molar refractivity (Wildman–Crippen MR) is 119 cm³/mol. The minimum atomic E-state index is -1.01. The van der Waals surface area contributed by atoms with Crippen LogP contribution in [0.1, 0.15) is 45.1 Å². The molecule has 0 aliphatic rings. The molecule has 2 atom stereocenters. The molecule has 0 unspecified atom stereocenters. The van der Waals surface area contributed by atoms with Crippen LogP contribution in [0.3, 0.4) is 0 Å². The van der Waals surface area contributed by atoms with Crippen molar-refractivity contribution in [1.29, 1.82) is 0 Å². The standard InChI is InChI=1S/C25H31NO5/c1-3-15-31-25(30)18(2)16-22(26-23(27)13-14-24(28)29)17-19-9-11-21(12-10-19)20-7-5-4-6-8-20/h4-12,18,22H,3,13-17H2,1-2H3,(H,26,27)(H,28,29)/t18-,22+/m1/s1. The Hall–Kier alpha value is -3.15. The first-order valence-electron chi connectivity index (χ1n) is 10.7. The van der Waals surface area contributed by atoms with Gasteiger partial charge in [0.1, 0.15) is 0 Å². The lowest BCUT2D eigenvalue weighted by Gasteiger charge is -2.22. The van der Waals surface area contributed by atoms with Crippen LogP contribution in [0.15, 0.2) is 54.6 Å². The number of carbonyl (C=O) groups excluding carboxylic acids is 2. The summed E-state index contributed by atoms with van der Waals surface area (Å²) in [5.41, 5.74) is 3.25. The molecule has 0 heterocycles. The third-order valence-electron chi connectivity index (χ3n) is 4.96. The lowest BCUT2D eigenvalue weighted by molar-refractivity contribution is -0.148. The van der Waals surface area contributed by atoms with Crippen molar-refractivity contribution in [1.82, 2.24) is 5.32 Å². The molecule has 2 rings (SSSR count). The molecule has 6 nitrogen and oxygen atoms in total. The summed E-state index contributed by atoms with van der Waals surface area (Å²) in [5.74, 6) is -2.01. The van der Waals surface area contributed by atoms with E-state index in [1.54, 1.807) is 6.92 Å². The van der Waals surface area contributed by atoms with E-state index in [-0.39, 0.29) is 36.7 Å². The zero-order valence-electron chi connectivity index (χ0n) is 18.2. The SMILES string of the molecule is CCCOC(=O)[C@H](C)C[C@@H](Cc1ccc(-c2ccccc2)cc1)NC(=O)CCC(=O)O. The minimum Gasteiger partial charge on any atom is -0.481 e. The monoisotopic (exact) mass is 425 g/mol. The van der Waals surface area contributed by atoms with Crippen molar-refractivity contribution in [3.8, 4) is 11.1 Å². The Morgan fingerprint density at radius 2 is 1.61 bits per heavy atom. The predicted octanol–water partition coefficient (Wildman–Crippen LogP) is 4.23. The van der Waals surface area contributed by atoms with Crippen LogP contribution in [-0.2, 0) is 25.5 Å². The molecule has 0 aliphatic carbocycles. The van der Waals surface area contributed by atoms with Gasteiger partial charge in [0, 0.05) is 12.5 Å². The number of ether oxygens (including phenoxy) is 1. The second-order valence-corrected chi connectivity index (χ2v) is 7.73. The number of esters is 1. The molecule has 1 amide bonds. The number of benzene rings is 2. The Balaban J connectivity index is 2.06. The highest BCUT2D eigenvalue weighted by molar-refractivity contribution is 5.81. The van der Waals surface area contributed by atoms with Gasteiger partial charge in [0.15, 0.2) is 0 Å². The summed E-state index contributed by atoms with van der Waals surface area (Å²) in [6.07, 6.45) is 1.40. The number of carboxylic acids is 1. The van der Waals surface area contributed by atoms with Crippen molar-refractivity contribution >= 4 is 17.8 Å². The minimum absolute atomic E-state index is 0.0898. The highest BCUT2D eigenvalue weighted by atomic mass is 16.5. The second kappa shape index (κ2) is 12.5. The Morgan fingerprint density at radius 3 is 2.23 bits per heavy atom. The van der Waals surface area contributed by atoms with E-state index < -0.39 is 5.97 Å². The van der Waals surface area contributed by atoms with E-state index in [4.69, 9.17) is 9.84 Å². The molecule has 2 aromatic rings. The smallest absolute Gasteiger partial charge is 0.308 e. The molecule has 2 aromatic carbocycles. The van der Waals surface area contributed by atoms with Gasteiger partial charge in [-0.2, -0.15) is 0 Å². The van der Waals surface area contributed by atoms with Crippen LogP contribution >= 0.6 is 0 Å². The zero-order valence-corrected chi connectivity index (χ0v) is 18.2. The maximum Gasteiger partial charge on any atom is 0.308 e. The van der Waals surface area contributed by atoms with Crippen LogP contribution in [0.25, 0.3) is 11.1 Å². The molecule has 0 saturated heterocycles. The largest absolute Gasteiger partial charge is 0.481 e. The highest BCUT2D eigenvalue weighted by Crippen LogP contribution is 2.21. The number of rotatable bonds is 12. The van der Waals surface area contributed by atoms with Crippen molar-refractivity contribution in [2.75, 3.05) is 6.61 Å². The maximum atomic E-state index is 12.2. The molecule has 0 saturated carbocycles. The highest BCUT2D eigenvalue weighted by Gasteiger charge is 2.22. The van der Waals surface area contributed by atoms with E-state index >= 15 is 0 Å². The maximum absolute atomic E-state index is 12.2. The van der Waals surface area contributed by atoms with Gasteiger partial charge in [-0.05, 0) is 36.0 Å². The van der Waals surface area contributed by atoms with Gasteiger partial charge in [-0.25, -0.2) is 0 Å². The first kappa shape index (κ1) is 24.1. The Labute approximate surface area is 183 Å². The molecule has 0 aliphatic heterocycles. The molecule has 6 heteroatoms. The number of amides is 1. The lowest BCUT2D eigenvalue weighted by atomic mass is 9.94. The van der Waals surface area contributed by atoms with Gasteiger partial charge in [-0.15, -0.1) is 0 Å². The molecule has 0 aromatic heterocycles. The molecule has 0 bridgehead atoms. The third-order valence-corrected chi connectivity index (χ3v) is 4.96. The third kappa shape index (κ3) is 8.62. The van der Waals surface area contributed by atoms with Crippen LogP contribution in [0.5, 0.6) is 0 Å².